The van der Waals surface area contributed by atoms with Crippen LogP contribution in [0.25, 0.3) is 0 Å². The minimum absolute atomic E-state index is 0.0313. The zero-order valence-corrected chi connectivity index (χ0v) is 22.5. The molecule has 0 aromatic carbocycles. The number of anilines is 1. The van der Waals surface area contributed by atoms with Gasteiger partial charge in [-0.3, -0.25) is 9.48 Å². The van der Waals surface area contributed by atoms with Crippen molar-refractivity contribution in [2.75, 3.05) is 24.5 Å². The number of carbonyl (C=O) groups excluding carboxylic acids is 1. The molecule has 1 amide bonds. The van der Waals surface area contributed by atoms with Crippen LogP contribution in [0.3, 0.4) is 0 Å². The highest BCUT2D eigenvalue weighted by atomic mass is 79.9. The molecular weight excluding hydrogens is 508 g/mol. The van der Waals surface area contributed by atoms with E-state index in [2.05, 4.69) is 59.7 Å². The van der Waals surface area contributed by atoms with Crippen molar-refractivity contribution >= 4 is 27.7 Å². The van der Waals surface area contributed by atoms with Gasteiger partial charge in [0.25, 0.3) is 0 Å². The van der Waals surface area contributed by atoms with Crippen LogP contribution in [0, 0.1) is 17.2 Å². The highest BCUT2D eigenvalue weighted by molar-refractivity contribution is 9.10. The summed E-state index contributed by atoms with van der Waals surface area (Å²) in [6.07, 6.45) is 6.52. The largest absolute Gasteiger partial charge is 0.370 e. The van der Waals surface area contributed by atoms with Crippen LogP contribution in [-0.2, 0) is 29.1 Å². The van der Waals surface area contributed by atoms with E-state index in [1.54, 1.807) is 10.9 Å². The number of ether oxygens (including phenoxy) is 1. The van der Waals surface area contributed by atoms with Crippen molar-refractivity contribution in [1.82, 2.24) is 19.7 Å². The molecule has 2 fully saturated rings. The first-order valence-corrected chi connectivity index (χ1v) is 13.3. The average molecular weight is 541 g/mol. The van der Waals surface area contributed by atoms with Crippen LogP contribution in [-0.4, -0.2) is 56.8 Å². The molecule has 2 aliphatic heterocycles. The number of hydrogen-bond donors (Lipinski definition) is 0. The van der Waals surface area contributed by atoms with Crippen LogP contribution < -0.4 is 4.90 Å². The lowest BCUT2D eigenvalue weighted by Crippen LogP contribution is -2.58. The van der Waals surface area contributed by atoms with Crippen LogP contribution in [0.4, 0.5) is 5.82 Å². The second-order valence-electron chi connectivity index (χ2n) is 11.0. The first-order chi connectivity index (χ1) is 16.7. The normalized spacial score (nSPS) is 21.7. The van der Waals surface area contributed by atoms with Gasteiger partial charge < -0.3 is 14.5 Å². The lowest BCUT2D eigenvalue weighted by molar-refractivity contribution is -0.135. The fraction of sp³-hybridized carbons (Fsp3) is 0.615. The minimum Gasteiger partial charge on any atom is -0.370 e. The van der Waals surface area contributed by atoms with E-state index in [0.29, 0.717) is 44.1 Å². The molecule has 1 saturated carbocycles. The van der Waals surface area contributed by atoms with Gasteiger partial charge in [0.2, 0.25) is 5.91 Å². The van der Waals surface area contributed by atoms with Gasteiger partial charge in [0.1, 0.15) is 18.4 Å². The number of nitriles is 1. The van der Waals surface area contributed by atoms with E-state index in [9.17, 15) is 10.1 Å². The third-order valence-electron chi connectivity index (χ3n) is 7.42. The molecule has 35 heavy (non-hydrogen) atoms. The predicted molar refractivity (Wildman–Crippen MR) is 136 cm³/mol. The molecule has 0 radical (unpaired) electrons. The molecule has 9 heteroatoms. The zero-order chi connectivity index (χ0) is 24.9. The number of nitrogens with zero attached hydrogens (tertiary/aromatic N) is 6. The smallest absolute Gasteiger partial charge is 0.244 e. The second kappa shape index (κ2) is 9.21. The topological polar surface area (TPSA) is 87.3 Å². The molecule has 1 saturated heterocycles. The van der Waals surface area contributed by atoms with Gasteiger partial charge in [0.05, 0.1) is 40.2 Å². The van der Waals surface area contributed by atoms with Crippen LogP contribution in [0.2, 0.25) is 0 Å². The second-order valence-corrected chi connectivity index (χ2v) is 11.9. The molecule has 2 aromatic heterocycles. The van der Waals surface area contributed by atoms with Crippen molar-refractivity contribution in [2.45, 2.75) is 77.7 Å². The van der Waals surface area contributed by atoms with E-state index in [4.69, 9.17) is 9.72 Å². The first-order valence-electron chi connectivity index (χ1n) is 12.5. The van der Waals surface area contributed by atoms with Crippen LogP contribution in [0.15, 0.2) is 16.9 Å². The molecule has 0 N–H and O–H groups in total. The Morgan fingerprint density at radius 3 is 2.71 bits per heavy atom. The van der Waals surface area contributed by atoms with Crippen molar-refractivity contribution in [1.29, 1.82) is 5.26 Å². The van der Waals surface area contributed by atoms with E-state index in [1.807, 2.05) is 11.1 Å². The number of fused-ring (bicyclic) bond motifs is 1. The monoisotopic (exact) mass is 540 g/mol. The number of piperazine rings is 1. The van der Waals surface area contributed by atoms with Crippen LogP contribution in [0.5, 0.6) is 0 Å². The van der Waals surface area contributed by atoms with E-state index in [-0.39, 0.29) is 30.0 Å². The molecule has 186 valence electrons. The summed E-state index contributed by atoms with van der Waals surface area (Å²) in [7, 11) is 0. The van der Waals surface area contributed by atoms with Gasteiger partial charge in [-0.15, -0.1) is 0 Å². The third-order valence-corrected chi connectivity index (χ3v) is 7.83. The fourth-order valence-electron chi connectivity index (χ4n) is 5.36. The van der Waals surface area contributed by atoms with Gasteiger partial charge in [-0.25, -0.2) is 4.98 Å². The molecule has 8 nitrogen and oxygen atoms in total. The Balaban J connectivity index is 1.45. The molecule has 5 rings (SSSR count). The summed E-state index contributed by atoms with van der Waals surface area (Å²) < 4.78 is 8.64. The molecule has 0 bridgehead atoms. The summed E-state index contributed by atoms with van der Waals surface area (Å²) in [5, 5.41) is 14.5. The fourth-order valence-corrected chi connectivity index (χ4v) is 5.68. The Labute approximate surface area is 215 Å². The first kappa shape index (κ1) is 24.3. The summed E-state index contributed by atoms with van der Waals surface area (Å²) in [5.41, 5.74) is 3.74. The Hall–Kier alpha value is -2.44. The highest BCUT2D eigenvalue weighted by Crippen LogP contribution is 2.46. The maximum absolute atomic E-state index is 13.2. The Bertz CT molecular complexity index is 1180. The third kappa shape index (κ3) is 4.83. The number of rotatable bonds is 5. The van der Waals surface area contributed by atoms with Gasteiger partial charge in [0, 0.05) is 43.7 Å². The number of amides is 1. The Kier molecular flexibility index (Phi) is 6.39. The summed E-state index contributed by atoms with van der Waals surface area (Å²) >= 11 is 3.40. The predicted octanol–water partition coefficient (Wildman–Crippen LogP) is 4.01. The summed E-state index contributed by atoms with van der Waals surface area (Å²) in [5.74, 6) is 1.59. The number of halogens is 1. The minimum atomic E-state index is -0.300. The number of pyridine rings is 1. The number of aromatic nitrogens is 3. The molecule has 2 aromatic rings. The van der Waals surface area contributed by atoms with Gasteiger partial charge in [-0.2, -0.15) is 10.4 Å². The standard InChI is InChI=1S/C26H33BrN6O2/c1-16(2)22-13-31(7-8-33(22)23(34)14-32-12-18(27)11-29-32)25-20(10-28)19-9-26(3,4)35-15-21(19)24(30-25)17-5-6-17/h11-12,16-17,22H,5-9,13-15H2,1-4H3/t22-/m0/s1. The van der Waals surface area contributed by atoms with Crippen LogP contribution in [0.1, 0.15) is 68.8 Å². The van der Waals surface area contributed by atoms with Crippen molar-refractivity contribution < 1.29 is 9.53 Å². The molecular formula is C26H33BrN6O2. The van der Waals surface area contributed by atoms with Crippen molar-refractivity contribution in [3.63, 3.8) is 0 Å². The number of hydrogen-bond acceptors (Lipinski definition) is 6. The lowest BCUT2D eigenvalue weighted by Gasteiger charge is -2.44. The van der Waals surface area contributed by atoms with E-state index in [0.717, 1.165) is 40.0 Å². The molecule has 4 heterocycles. The Morgan fingerprint density at radius 2 is 2.09 bits per heavy atom. The van der Waals surface area contributed by atoms with Gasteiger partial charge in [0.15, 0.2) is 0 Å². The van der Waals surface area contributed by atoms with Gasteiger partial charge >= 0.3 is 0 Å². The van der Waals surface area contributed by atoms with Gasteiger partial charge in [-0.1, -0.05) is 13.8 Å². The lowest BCUT2D eigenvalue weighted by atomic mass is 9.87. The summed E-state index contributed by atoms with van der Waals surface area (Å²) in [4.78, 5) is 22.6. The van der Waals surface area contributed by atoms with E-state index >= 15 is 0 Å². The molecule has 0 spiro atoms. The molecule has 3 aliphatic rings. The van der Waals surface area contributed by atoms with Gasteiger partial charge in [-0.05, 0) is 54.1 Å². The maximum atomic E-state index is 13.2. The zero-order valence-electron chi connectivity index (χ0n) is 20.9. The Morgan fingerprint density at radius 1 is 1.31 bits per heavy atom. The molecule has 1 atom stereocenters. The SMILES string of the molecule is CC(C)[C@@H]1CN(c2nc(C3CC3)c3c(c2C#N)CC(C)(C)OC3)CCN1C(=O)Cn1cc(Br)cn1. The number of carbonyl (C=O) groups is 1. The quantitative estimate of drug-likeness (QED) is 0.569. The maximum Gasteiger partial charge on any atom is 0.244 e. The van der Waals surface area contributed by atoms with Crippen molar-refractivity contribution in [2.24, 2.45) is 5.92 Å². The molecule has 0 unspecified atom stereocenters. The van der Waals surface area contributed by atoms with Crippen LogP contribution >= 0.6 is 15.9 Å². The molecule has 1 aliphatic carbocycles. The summed E-state index contributed by atoms with van der Waals surface area (Å²) in [6, 6.07) is 2.53. The van der Waals surface area contributed by atoms with E-state index < -0.39 is 0 Å². The summed E-state index contributed by atoms with van der Waals surface area (Å²) in [6.45, 7) is 11.1. The van der Waals surface area contributed by atoms with E-state index in [1.165, 1.54) is 0 Å². The van der Waals surface area contributed by atoms with Crippen molar-refractivity contribution in [3.05, 3.63) is 39.3 Å². The average Bonchev–Trinajstić information content (AvgIpc) is 3.58. The van der Waals surface area contributed by atoms with Crippen molar-refractivity contribution in [3.8, 4) is 6.07 Å². The highest BCUT2D eigenvalue weighted by Gasteiger charge is 2.39.